The summed E-state index contributed by atoms with van der Waals surface area (Å²) in [6.45, 7) is 1.44. The van der Waals surface area contributed by atoms with Gasteiger partial charge < -0.3 is 5.73 Å². The number of hydrogen-bond donors (Lipinski definition) is 2. The molecule has 0 heterocycles. The Morgan fingerprint density at radius 1 is 1.14 bits per heavy atom. The minimum absolute atomic E-state index is 0.0868. The average molecular weight is 333 g/mol. The Labute approximate surface area is 125 Å². The van der Waals surface area contributed by atoms with E-state index in [2.05, 4.69) is 4.72 Å². The topological polar surface area (TPSA) is 72.2 Å². The quantitative estimate of drug-likeness (QED) is 0.847. The van der Waals surface area contributed by atoms with E-state index in [-0.39, 0.29) is 26.9 Å². The van der Waals surface area contributed by atoms with Gasteiger partial charge in [0.15, 0.2) is 0 Å². The minimum atomic E-state index is -3.99. The third-order valence-corrected chi connectivity index (χ3v) is 4.57. The standard InChI is InChI=1S/C13H11ClF2N2O2S/c1-7-4-11(16)12(17)6-13(7)21(19,20)18-8-2-3-10(15)9(14)5-8/h2-6,18H,17H2,1H3. The highest BCUT2D eigenvalue weighted by atomic mass is 35.5. The summed E-state index contributed by atoms with van der Waals surface area (Å²) in [6, 6.07) is 5.45. The van der Waals surface area contributed by atoms with Gasteiger partial charge in [0, 0.05) is 0 Å². The van der Waals surface area contributed by atoms with E-state index in [1.807, 2.05) is 0 Å². The second-order valence-electron chi connectivity index (χ2n) is 4.37. The maximum Gasteiger partial charge on any atom is 0.262 e. The van der Waals surface area contributed by atoms with Crippen LogP contribution < -0.4 is 10.5 Å². The maximum absolute atomic E-state index is 13.3. The van der Waals surface area contributed by atoms with Crippen molar-refractivity contribution in [1.29, 1.82) is 0 Å². The van der Waals surface area contributed by atoms with Gasteiger partial charge in [-0.2, -0.15) is 0 Å². The first kappa shape index (κ1) is 15.5. The van der Waals surface area contributed by atoms with Crippen molar-refractivity contribution in [3.8, 4) is 0 Å². The van der Waals surface area contributed by atoms with Crippen molar-refractivity contribution >= 4 is 33.0 Å². The van der Waals surface area contributed by atoms with Crippen molar-refractivity contribution in [3.63, 3.8) is 0 Å². The van der Waals surface area contributed by atoms with Crippen LogP contribution in [0.15, 0.2) is 35.2 Å². The molecule has 0 atom stereocenters. The molecule has 4 nitrogen and oxygen atoms in total. The molecule has 0 aliphatic carbocycles. The van der Waals surface area contributed by atoms with Crippen LogP contribution in [-0.2, 0) is 10.0 Å². The SMILES string of the molecule is Cc1cc(F)c(N)cc1S(=O)(=O)Nc1ccc(F)c(Cl)c1. The summed E-state index contributed by atoms with van der Waals surface area (Å²) in [5.74, 6) is -1.36. The van der Waals surface area contributed by atoms with E-state index in [9.17, 15) is 17.2 Å². The molecule has 0 spiro atoms. The van der Waals surface area contributed by atoms with Crippen molar-refractivity contribution in [2.24, 2.45) is 0 Å². The summed E-state index contributed by atoms with van der Waals surface area (Å²) >= 11 is 5.59. The number of benzene rings is 2. The highest BCUT2D eigenvalue weighted by Gasteiger charge is 2.19. The van der Waals surface area contributed by atoms with Crippen molar-refractivity contribution in [1.82, 2.24) is 0 Å². The molecule has 0 aliphatic rings. The van der Waals surface area contributed by atoms with Crippen LogP contribution in [0.3, 0.4) is 0 Å². The number of rotatable bonds is 3. The van der Waals surface area contributed by atoms with Crippen LogP contribution in [0.25, 0.3) is 0 Å². The second-order valence-corrected chi connectivity index (χ2v) is 6.43. The molecule has 0 saturated carbocycles. The Balaban J connectivity index is 2.43. The number of anilines is 2. The summed E-state index contributed by atoms with van der Waals surface area (Å²) in [4.78, 5) is -0.165. The van der Waals surface area contributed by atoms with Gasteiger partial charge in [0.25, 0.3) is 10.0 Å². The van der Waals surface area contributed by atoms with Gasteiger partial charge in [-0.3, -0.25) is 4.72 Å². The number of sulfonamides is 1. The van der Waals surface area contributed by atoms with Crippen LogP contribution in [-0.4, -0.2) is 8.42 Å². The summed E-state index contributed by atoms with van der Waals surface area (Å²) in [5.41, 5.74) is 5.39. The number of nitrogen functional groups attached to an aromatic ring is 1. The summed E-state index contributed by atoms with van der Waals surface area (Å²) in [5, 5.41) is -0.217. The highest BCUT2D eigenvalue weighted by molar-refractivity contribution is 7.92. The first-order valence-electron chi connectivity index (χ1n) is 5.74. The number of nitrogens with one attached hydrogen (secondary N) is 1. The lowest BCUT2D eigenvalue weighted by atomic mass is 10.2. The van der Waals surface area contributed by atoms with Crippen LogP contribution in [0.5, 0.6) is 0 Å². The smallest absolute Gasteiger partial charge is 0.262 e. The van der Waals surface area contributed by atoms with Crippen LogP contribution in [0.1, 0.15) is 5.56 Å². The molecule has 3 N–H and O–H groups in total. The molecular weight excluding hydrogens is 322 g/mol. The fraction of sp³-hybridized carbons (Fsp3) is 0.0769. The van der Waals surface area contributed by atoms with Gasteiger partial charge in [0.05, 0.1) is 21.3 Å². The zero-order valence-electron chi connectivity index (χ0n) is 10.8. The van der Waals surface area contributed by atoms with E-state index in [0.717, 1.165) is 24.3 Å². The van der Waals surface area contributed by atoms with Crippen molar-refractivity contribution < 1.29 is 17.2 Å². The first-order chi connectivity index (χ1) is 9.70. The van der Waals surface area contributed by atoms with E-state index < -0.39 is 21.7 Å². The molecule has 0 amide bonds. The normalized spacial score (nSPS) is 11.4. The molecule has 0 fully saturated rings. The Morgan fingerprint density at radius 3 is 2.43 bits per heavy atom. The summed E-state index contributed by atoms with van der Waals surface area (Å²) < 4.78 is 53.1. The molecule has 0 aliphatic heterocycles. The molecule has 112 valence electrons. The number of aryl methyl sites for hydroxylation is 1. The monoisotopic (exact) mass is 332 g/mol. The lowest BCUT2D eigenvalue weighted by Crippen LogP contribution is -2.15. The maximum atomic E-state index is 13.3. The van der Waals surface area contributed by atoms with Crippen LogP contribution in [0.4, 0.5) is 20.2 Å². The largest absolute Gasteiger partial charge is 0.396 e. The molecule has 2 aromatic rings. The van der Waals surface area contributed by atoms with Gasteiger partial charge >= 0.3 is 0 Å². The van der Waals surface area contributed by atoms with Crippen molar-refractivity contribution in [2.45, 2.75) is 11.8 Å². The molecule has 0 unspecified atom stereocenters. The predicted octanol–water partition coefficient (Wildman–Crippen LogP) is 3.31. The van der Waals surface area contributed by atoms with Crippen LogP contribution >= 0.6 is 11.6 Å². The molecule has 0 saturated heterocycles. The average Bonchev–Trinajstić information content (AvgIpc) is 2.37. The molecule has 2 rings (SSSR count). The Bertz CT molecular complexity index is 810. The highest BCUT2D eigenvalue weighted by Crippen LogP contribution is 2.25. The molecular formula is C13H11ClF2N2O2S. The van der Waals surface area contributed by atoms with Gasteiger partial charge in [0.1, 0.15) is 11.6 Å². The minimum Gasteiger partial charge on any atom is -0.396 e. The zero-order chi connectivity index (χ0) is 15.8. The van der Waals surface area contributed by atoms with Gasteiger partial charge in [-0.05, 0) is 42.8 Å². The molecule has 0 radical (unpaired) electrons. The van der Waals surface area contributed by atoms with Crippen molar-refractivity contribution in [2.75, 3.05) is 10.5 Å². The lowest BCUT2D eigenvalue weighted by Gasteiger charge is -2.12. The second kappa shape index (κ2) is 5.50. The van der Waals surface area contributed by atoms with E-state index in [4.69, 9.17) is 17.3 Å². The summed E-state index contributed by atoms with van der Waals surface area (Å²) in [6.07, 6.45) is 0. The van der Waals surface area contributed by atoms with E-state index >= 15 is 0 Å². The first-order valence-corrected chi connectivity index (χ1v) is 7.60. The third kappa shape index (κ3) is 3.25. The number of nitrogens with two attached hydrogens (primary N) is 1. The molecule has 0 bridgehead atoms. The zero-order valence-corrected chi connectivity index (χ0v) is 12.4. The predicted molar refractivity (Wildman–Crippen MR) is 77.8 cm³/mol. The van der Waals surface area contributed by atoms with Gasteiger partial charge in [-0.25, -0.2) is 17.2 Å². The van der Waals surface area contributed by atoms with E-state index in [1.54, 1.807) is 0 Å². The fourth-order valence-electron chi connectivity index (χ4n) is 1.73. The van der Waals surface area contributed by atoms with Crippen LogP contribution in [0.2, 0.25) is 5.02 Å². The Hall–Kier alpha value is -1.86. The van der Waals surface area contributed by atoms with Gasteiger partial charge in [-0.15, -0.1) is 0 Å². The number of hydrogen-bond acceptors (Lipinski definition) is 3. The van der Waals surface area contributed by atoms with Crippen molar-refractivity contribution in [3.05, 3.63) is 52.6 Å². The van der Waals surface area contributed by atoms with Crippen LogP contribution in [0, 0.1) is 18.6 Å². The van der Waals surface area contributed by atoms with Gasteiger partial charge in [-0.1, -0.05) is 11.6 Å². The molecule has 0 aromatic heterocycles. The lowest BCUT2D eigenvalue weighted by molar-refractivity contribution is 0.599. The van der Waals surface area contributed by atoms with E-state index in [1.165, 1.54) is 13.0 Å². The summed E-state index contributed by atoms with van der Waals surface area (Å²) in [7, 11) is -3.99. The Morgan fingerprint density at radius 2 is 1.81 bits per heavy atom. The van der Waals surface area contributed by atoms with E-state index in [0.29, 0.717) is 0 Å². The molecule has 2 aromatic carbocycles. The Kier molecular flexibility index (Phi) is 4.06. The molecule has 8 heteroatoms. The molecule has 21 heavy (non-hydrogen) atoms. The fourth-order valence-corrected chi connectivity index (χ4v) is 3.22. The third-order valence-electron chi connectivity index (χ3n) is 2.76. The number of halogens is 3. The van der Waals surface area contributed by atoms with Gasteiger partial charge in [0.2, 0.25) is 0 Å².